The van der Waals surface area contributed by atoms with Crippen LogP contribution in [0.15, 0.2) is 53.1 Å². The minimum Gasteiger partial charge on any atom is -0.382 e. The van der Waals surface area contributed by atoms with Crippen molar-refractivity contribution in [3.05, 3.63) is 59.1 Å². The Bertz CT molecular complexity index is 1040. The summed E-state index contributed by atoms with van der Waals surface area (Å²) in [6.07, 6.45) is 0. The molecule has 2 aromatic heterocycles. The number of halogens is 1. The fourth-order valence-electron chi connectivity index (χ4n) is 2.45. The number of nitrogens with zero attached hydrogens (tertiary/aromatic N) is 5. The second-order valence-corrected chi connectivity index (χ2v) is 5.89. The molecule has 124 valence electrons. The summed E-state index contributed by atoms with van der Waals surface area (Å²) in [6.45, 7) is 1.94. The molecule has 0 aliphatic carbocycles. The molecule has 2 N–H and O–H groups in total. The normalized spacial score (nSPS) is 11.0. The maximum atomic E-state index is 6.20. The van der Waals surface area contributed by atoms with Gasteiger partial charge in [0.2, 0.25) is 5.82 Å². The minimum atomic E-state index is 0.210. The Morgan fingerprint density at radius 2 is 1.92 bits per heavy atom. The highest BCUT2D eigenvalue weighted by Crippen LogP contribution is 2.28. The van der Waals surface area contributed by atoms with Crippen molar-refractivity contribution in [2.45, 2.75) is 6.92 Å². The van der Waals surface area contributed by atoms with Gasteiger partial charge in [0.05, 0.1) is 5.69 Å². The number of hydrogen-bond donors (Lipinski definition) is 1. The highest BCUT2D eigenvalue weighted by atomic mass is 35.5. The van der Waals surface area contributed by atoms with E-state index < -0.39 is 0 Å². The van der Waals surface area contributed by atoms with Crippen LogP contribution in [-0.4, -0.2) is 25.1 Å². The number of anilines is 1. The van der Waals surface area contributed by atoms with Crippen LogP contribution in [0.25, 0.3) is 28.7 Å². The van der Waals surface area contributed by atoms with Gasteiger partial charge in [0.25, 0.3) is 5.89 Å². The van der Waals surface area contributed by atoms with Crippen molar-refractivity contribution in [2.75, 3.05) is 5.73 Å². The van der Waals surface area contributed by atoms with Crippen molar-refractivity contribution in [3.8, 4) is 28.7 Å². The fourth-order valence-corrected chi connectivity index (χ4v) is 2.62. The molecule has 0 aliphatic rings. The van der Waals surface area contributed by atoms with Crippen LogP contribution in [0.1, 0.15) is 5.56 Å². The summed E-state index contributed by atoms with van der Waals surface area (Å²) in [6, 6.07) is 15.0. The van der Waals surface area contributed by atoms with Gasteiger partial charge in [-0.15, -0.1) is 5.10 Å². The highest BCUT2D eigenvalue weighted by Gasteiger charge is 2.20. The third-order valence-electron chi connectivity index (χ3n) is 3.76. The van der Waals surface area contributed by atoms with Crippen LogP contribution in [0, 0.1) is 6.92 Å². The van der Waals surface area contributed by atoms with E-state index in [9.17, 15) is 0 Å². The first kappa shape index (κ1) is 15.3. The van der Waals surface area contributed by atoms with Gasteiger partial charge in [0.15, 0.2) is 11.5 Å². The van der Waals surface area contributed by atoms with Crippen LogP contribution in [-0.2, 0) is 0 Å². The minimum absolute atomic E-state index is 0.210. The molecule has 0 saturated heterocycles. The first-order valence-electron chi connectivity index (χ1n) is 7.50. The number of benzene rings is 2. The Kier molecular flexibility index (Phi) is 3.70. The Balaban J connectivity index is 1.75. The number of nitrogens with two attached hydrogens (primary N) is 1. The zero-order chi connectivity index (χ0) is 17.4. The summed E-state index contributed by atoms with van der Waals surface area (Å²) in [7, 11) is 0. The third kappa shape index (κ3) is 2.74. The molecule has 0 saturated carbocycles. The van der Waals surface area contributed by atoms with Crippen molar-refractivity contribution < 1.29 is 4.52 Å². The van der Waals surface area contributed by atoms with Crippen LogP contribution in [0.2, 0.25) is 5.02 Å². The SMILES string of the molecule is Cc1ccc(Cl)cc1-n1nnc(-c2nc(-c3ccccc3)no2)c1N. The van der Waals surface area contributed by atoms with Crippen molar-refractivity contribution in [3.63, 3.8) is 0 Å². The molecule has 4 aromatic rings. The molecule has 0 unspecified atom stereocenters. The monoisotopic (exact) mass is 352 g/mol. The number of hydrogen-bond acceptors (Lipinski definition) is 6. The molecule has 2 heterocycles. The van der Waals surface area contributed by atoms with E-state index in [-0.39, 0.29) is 5.89 Å². The summed E-state index contributed by atoms with van der Waals surface area (Å²) in [5, 5.41) is 12.8. The van der Waals surface area contributed by atoms with Gasteiger partial charge in [-0.2, -0.15) is 9.67 Å². The lowest BCUT2D eigenvalue weighted by atomic mass is 10.2. The number of rotatable bonds is 3. The zero-order valence-electron chi connectivity index (χ0n) is 13.2. The van der Waals surface area contributed by atoms with Crippen molar-refractivity contribution in [2.24, 2.45) is 0 Å². The largest absolute Gasteiger partial charge is 0.382 e. The van der Waals surface area contributed by atoms with E-state index in [4.69, 9.17) is 21.9 Å². The standard InChI is InChI=1S/C17H13ClN6O/c1-10-7-8-12(18)9-13(10)24-15(19)14(21-23-24)17-20-16(22-25-17)11-5-3-2-4-6-11/h2-9H,19H2,1H3. The highest BCUT2D eigenvalue weighted by molar-refractivity contribution is 6.30. The second-order valence-electron chi connectivity index (χ2n) is 5.46. The van der Waals surface area contributed by atoms with Crippen molar-refractivity contribution in [1.29, 1.82) is 0 Å². The molecule has 0 amide bonds. The molecule has 0 fully saturated rings. The summed E-state index contributed by atoms with van der Waals surface area (Å²) < 4.78 is 6.81. The van der Waals surface area contributed by atoms with E-state index in [1.54, 1.807) is 12.1 Å². The van der Waals surface area contributed by atoms with Crippen LogP contribution < -0.4 is 5.73 Å². The number of aryl methyl sites for hydroxylation is 1. The first-order valence-corrected chi connectivity index (χ1v) is 7.88. The van der Waals surface area contributed by atoms with Gasteiger partial charge in [-0.25, -0.2) is 0 Å². The molecule has 0 spiro atoms. The van der Waals surface area contributed by atoms with Crippen molar-refractivity contribution in [1.82, 2.24) is 25.1 Å². The molecule has 4 rings (SSSR count). The van der Waals surface area contributed by atoms with Gasteiger partial charge >= 0.3 is 0 Å². The molecular formula is C17H13ClN6O. The average Bonchev–Trinajstić information content (AvgIpc) is 3.25. The molecular weight excluding hydrogens is 340 g/mol. The molecule has 8 heteroatoms. The predicted molar refractivity (Wildman–Crippen MR) is 94.2 cm³/mol. The van der Waals surface area contributed by atoms with Gasteiger partial charge in [0, 0.05) is 10.6 Å². The van der Waals surface area contributed by atoms with E-state index in [1.165, 1.54) is 4.68 Å². The van der Waals surface area contributed by atoms with Crippen LogP contribution in [0.5, 0.6) is 0 Å². The van der Waals surface area contributed by atoms with Gasteiger partial charge in [-0.05, 0) is 24.6 Å². The van der Waals surface area contributed by atoms with Gasteiger partial charge in [-0.3, -0.25) is 0 Å². The summed E-state index contributed by atoms with van der Waals surface area (Å²) in [5.74, 6) is 0.972. The van der Waals surface area contributed by atoms with Gasteiger partial charge < -0.3 is 10.3 Å². The lowest BCUT2D eigenvalue weighted by molar-refractivity contribution is 0.431. The summed E-state index contributed by atoms with van der Waals surface area (Å²) in [5.41, 5.74) is 9.07. The topological polar surface area (TPSA) is 95.6 Å². The number of aromatic nitrogens is 5. The van der Waals surface area contributed by atoms with E-state index in [2.05, 4.69) is 20.5 Å². The maximum Gasteiger partial charge on any atom is 0.282 e. The molecule has 0 bridgehead atoms. The van der Waals surface area contributed by atoms with E-state index >= 15 is 0 Å². The van der Waals surface area contributed by atoms with E-state index in [0.29, 0.717) is 22.4 Å². The van der Waals surface area contributed by atoms with E-state index in [1.807, 2.05) is 43.3 Å². The Hall–Kier alpha value is -3.19. The van der Waals surface area contributed by atoms with Crippen LogP contribution >= 0.6 is 11.6 Å². The molecule has 2 aromatic carbocycles. The van der Waals surface area contributed by atoms with E-state index in [0.717, 1.165) is 16.8 Å². The smallest absolute Gasteiger partial charge is 0.282 e. The maximum absolute atomic E-state index is 6.20. The molecule has 25 heavy (non-hydrogen) atoms. The third-order valence-corrected chi connectivity index (χ3v) is 4.00. The molecule has 7 nitrogen and oxygen atoms in total. The van der Waals surface area contributed by atoms with Gasteiger partial charge in [0.1, 0.15) is 0 Å². The zero-order valence-corrected chi connectivity index (χ0v) is 14.0. The molecule has 0 aliphatic heterocycles. The Morgan fingerprint density at radius 3 is 2.72 bits per heavy atom. The van der Waals surface area contributed by atoms with Gasteiger partial charge in [-0.1, -0.05) is 58.4 Å². The summed E-state index contributed by atoms with van der Waals surface area (Å²) in [4.78, 5) is 4.36. The van der Waals surface area contributed by atoms with Crippen LogP contribution in [0.4, 0.5) is 5.82 Å². The Labute approximate surface area is 148 Å². The van der Waals surface area contributed by atoms with Crippen LogP contribution in [0.3, 0.4) is 0 Å². The van der Waals surface area contributed by atoms with Crippen molar-refractivity contribution >= 4 is 17.4 Å². The predicted octanol–water partition coefficient (Wildman–Crippen LogP) is 3.53. The Morgan fingerprint density at radius 1 is 1.12 bits per heavy atom. The number of nitrogen functional groups attached to an aromatic ring is 1. The quantitative estimate of drug-likeness (QED) is 0.606. The first-order chi connectivity index (χ1) is 12.1. The lowest BCUT2D eigenvalue weighted by Crippen LogP contribution is -2.04. The molecule has 0 radical (unpaired) electrons. The second kappa shape index (κ2) is 6.03. The summed E-state index contributed by atoms with van der Waals surface area (Å²) >= 11 is 6.07. The molecule has 0 atom stereocenters. The average molecular weight is 353 g/mol. The lowest BCUT2D eigenvalue weighted by Gasteiger charge is -2.07. The fraction of sp³-hybridized carbons (Fsp3) is 0.0588.